The van der Waals surface area contributed by atoms with Crippen LogP contribution in [-0.2, 0) is 6.54 Å². The first-order chi connectivity index (χ1) is 13.9. The number of nitrogens with zero attached hydrogens (tertiary/aromatic N) is 4. The molecule has 0 saturated carbocycles. The SMILES string of the molecule is CN[C@@H]1CCN(C(=O)c2cn3c(-c4ccc(Cl)cc4Cl)c(CN)c(C)nc3n2)C1. The van der Waals surface area contributed by atoms with Crippen LogP contribution in [0.25, 0.3) is 17.0 Å². The second-order valence-electron chi connectivity index (χ2n) is 7.17. The van der Waals surface area contributed by atoms with Crippen LogP contribution < -0.4 is 11.1 Å². The van der Waals surface area contributed by atoms with Crippen molar-refractivity contribution in [2.45, 2.75) is 25.9 Å². The summed E-state index contributed by atoms with van der Waals surface area (Å²) in [6, 6.07) is 5.61. The summed E-state index contributed by atoms with van der Waals surface area (Å²) in [5.41, 5.74) is 9.52. The summed E-state index contributed by atoms with van der Waals surface area (Å²) in [5.74, 6) is 0.335. The molecule has 4 rings (SSSR count). The van der Waals surface area contributed by atoms with Gasteiger partial charge in [0.15, 0.2) is 0 Å². The van der Waals surface area contributed by atoms with Crippen molar-refractivity contribution >= 4 is 34.9 Å². The number of rotatable bonds is 4. The molecule has 0 aliphatic carbocycles. The molecule has 1 aliphatic heterocycles. The van der Waals surface area contributed by atoms with Crippen LogP contribution in [0.5, 0.6) is 0 Å². The molecule has 7 nitrogen and oxygen atoms in total. The van der Waals surface area contributed by atoms with Crippen molar-refractivity contribution in [2.75, 3.05) is 20.1 Å². The lowest BCUT2D eigenvalue weighted by Gasteiger charge is -2.15. The van der Waals surface area contributed by atoms with Gasteiger partial charge >= 0.3 is 0 Å². The molecule has 1 aliphatic rings. The van der Waals surface area contributed by atoms with Gasteiger partial charge in [-0.25, -0.2) is 9.97 Å². The summed E-state index contributed by atoms with van der Waals surface area (Å²) in [6.07, 6.45) is 2.65. The highest BCUT2D eigenvalue weighted by atomic mass is 35.5. The second-order valence-corrected chi connectivity index (χ2v) is 8.02. The van der Waals surface area contributed by atoms with Gasteiger partial charge in [-0.3, -0.25) is 9.20 Å². The Kier molecular flexibility index (Phi) is 5.48. The van der Waals surface area contributed by atoms with E-state index in [4.69, 9.17) is 28.9 Å². The standard InChI is InChI=1S/C20H22Cl2N6O/c1-11-15(8-23)18(14-4-3-12(21)7-16(14)22)28-10-17(26-20(28)25-11)19(29)27-6-5-13(9-27)24-2/h3-4,7,10,13,24H,5-6,8-9,23H2,1-2H3/t13-/m1/s1. The van der Waals surface area contributed by atoms with Gasteiger partial charge in [-0.15, -0.1) is 0 Å². The van der Waals surface area contributed by atoms with E-state index in [9.17, 15) is 4.79 Å². The summed E-state index contributed by atoms with van der Waals surface area (Å²) in [4.78, 5) is 23.9. The second kappa shape index (κ2) is 7.91. The van der Waals surface area contributed by atoms with Crippen molar-refractivity contribution < 1.29 is 4.79 Å². The first-order valence-electron chi connectivity index (χ1n) is 9.43. The lowest BCUT2D eigenvalue weighted by atomic mass is 10.0. The van der Waals surface area contributed by atoms with Crippen molar-refractivity contribution in [3.63, 3.8) is 0 Å². The largest absolute Gasteiger partial charge is 0.336 e. The van der Waals surface area contributed by atoms with E-state index in [2.05, 4.69) is 15.3 Å². The van der Waals surface area contributed by atoms with Crippen LogP contribution in [-0.4, -0.2) is 51.4 Å². The molecule has 3 N–H and O–H groups in total. The quantitative estimate of drug-likeness (QED) is 0.661. The number of nitrogens with one attached hydrogen (secondary N) is 1. The van der Waals surface area contributed by atoms with Crippen molar-refractivity contribution in [1.29, 1.82) is 0 Å². The molecule has 29 heavy (non-hydrogen) atoms. The minimum Gasteiger partial charge on any atom is -0.336 e. The number of nitrogens with two attached hydrogens (primary N) is 1. The first kappa shape index (κ1) is 20.1. The highest BCUT2D eigenvalue weighted by Crippen LogP contribution is 2.34. The summed E-state index contributed by atoms with van der Waals surface area (Å²) >= 11 is 12.6. The number of carbonyl (C=O) groups is 1. The molecular formula is C20H22Cl2N6O. The van der Waals surface area contributed by atoms with E-state index in [0.29, 0.717) is 40.6 Å². The van der Waals surface area contributed by atoms with Gasteiger partial charge in [-0.1, -0.05) is 23.2 Å². The van der Waals surface area contributed by atoms with Gasteiger partial charge in [0.1, 0.15) is 5.69 Å². The molecule has 2 aromatic heterocycles. The predicted molar refractivity (Wildman–Crippen MR) is 114 cm³/mol. The third kappa shape index (κ3) is 3.59. The van der Waals surface area contributed by atoms with E-state index in [1.807, 2.05) is 24.9 Å². The smallest absolute Gasteiger partial charge is 0.274 e. The summed E-state index contributed by atoms with van der Waals surface area (Å²) in [6.45, 7) is 3.53. The summed E-state index contributed by atoms with van der Waals surface area (Å²) < 4.78 is 1.79. The van der Waals surface area contributed by atoms with E-state index >= 15 is 0 Å². The maximum Gasteiger partial charge on any atom is 0.274 e. The van der Waals surface area contributed by atoms with Crippen LogP contribution in [0.4, 0.5) is 0 Å². The number of aromatic nitrogens is 3. The van der Waals surface area contributed by atoms with Crippen LogP contribution in [0.2, 0.25) is 10.0 Å². The maximum absolute atomic E-state index is 13.0. The Morgan fingerprint density at radius 2 is 2.14 bits per heavy atom. The van der Waals surface area contributed by atoms with Crippen molar-refractivity contribution in [2.24, 2.45) is 5.73 Å². The lowest BCUT2D eigenvalue weighted by molar-refractivity contribution is 0.0784. The average Bonchev–Trinajstić information content (AvgIpc) is 3.33. The minimum absolute atomic E-state index is 0.103. The normalized spacial score (nSPS) is 16.7. The van der Waals surface area contributed by atoms with Crippen molar-refractivity contribution in [1.82, 2.24) is 24.6 Å². The molecule has 1 atom stereocenters. The molecule has 3 heterocycles. The number of imidazole rings is 1. The van der Waals surface area contributed by atoms with Gasteiger partial charge in [-0.05, 0) is 38.6 Å². The number of fused-ring (bicyclic) bond motifs is 1. The Balaban J connectivity index is 1.85. The number of hydrogen-bond acceptors (Lipinski definition) is 5. The number of amides is 1. The third-order valence-electron chi connectivity index (χ3n) is 5.41. The molecule has 9 heteroatoms. The molecule has 152 valence electrons. The highest BCUT2D eigenvalue weighted by Gasteiger charge is 2.28. The van der Waals surface area contributed by atoms with Crippen LogP contribution in [0, 0.1) is 6.92 Å². The van der Waals surface area contributed by atoms with Crippen molar-refractivity contribution in [3.05, 3.63) is 51.4 Å². The monoisotopic (exact) mass is 432 g/mol. The molecule has 1 aromatic carbocycles. The molecule has 3 aromatic rings. The Hall–Kier alpha value is -2.19. The number of halogens is 2. The molecule has 1 amide bonds. The van der Waals surface area contributed by atoms with Gasteiger partial charge in [0.25, 0.3) is 5.91 Å². The van der Waals surface area contributed by atoms with Gasteiger partial charge in [-0.2, -0.15) is 0 Å². The van der Waals surface area contributed by atoms with Crippen molar-refractivity contribution in [3.8, 4) is 11.3 Å². The number of hydrogen-bond donors (Lipinski definition) is 2. The zero-order valence-corrected chi connectivity index (χ0v) is 17.8. The van der Waals surface area contributed by atoms with E-state index in [1.165, 1.54) is 0 Å². The lowest BCUT2D eigenvalue weighted by Crippen LogP contribution is -2.33. The predicted octanol–water partition coefficient (Wildman–Crippen LogP) is 2.90. The van der Waals surface area contributed by atoms with Gasteiger partial charge in [0.2, 0.25) is 5.78 Å². The first-order valence-corrected chi connectivity index (χ1v) is 10.2. The fraction of sp³-hybridized carbons (Fsp3) is 0.350. The Bertz CT molecular complexity index is 1100. The molecule has 0 spiro atoms. The summed E-state index contributed by atoms with van der Waals surface area (Å²) in [7, 11) is 1.91. The Morgan fingerprint density at radius 3 is 2.79 bits per heavy atom. The van der Waals surface area contributed by atoms with Gasteiger partial charge < -0.3 is 16.0 Å². The minimum atomic E-state index is -0.103. The number of likely N-dealkylation sites (N-methyl/N-ethyl adjacent to an activating group) is 1. The van der Waals surface area contributed by atoms with Crippen LogP contribution in [0.1, 0.15) is 28.2 Å². The molecule has 1 fully saturated rings. The zero-order chi connectivity index (χ0) is 20.7. The van der Waals surface area contributed by atoms with Crippen LogP contribution >= 0.6 is 23.2 Å². The molecular weight excluding hydrogens is 411 g/mol. The molecule has 0 unspecified atom stereocenters. The third-order valence-corrected chi connectivity index (χ3v) is 5.96. The van der Waals surface area contributed by atoms with E-state index < -0.39 is 0 Å². The van der Waals surface area contributed by atoms with Gasteiger partial charge in [0.05, 0.1) is 10.7 Å². The number of benzene rings is 1. The topological polar surface area (TPSA) is 88.5 Å². The van der Waals surface area contributed by atoms with Gasteiger partial charge in [0, 0.05) is 53.7 Å². The van der Waals surface area contributed by atoms with Crippen LogP contribution in [0.3, 0.4) is 0 Å². The molecule has 1 saturated heterocycles. The molecule has 0 radical (unpaired) electrons. The average molecular weight is 433 g/mol. The number of aryl methyl sites for hydroxylation is 1. The van der Waals surface area contributed by atoms with Crippen LogP contribution in [0.15, 0.2) is 24.4 Å². The zero-order valence-electron chi connectivity index (χ0n) is 16.2. The van der Waals surface area contributed by atoms with E-state index in [0.717, 1.165) is 28.9 Å². The maximum atomic E-state index is 13.0. The number of carbonyl (C=O) groups excluding carboxylic acids is 1. The number of likely N-dealkylation sites (tertiary alicyclic amines) is 1. The summed E-state index contributed by atoms with van der Waals surface area (Å²) in [5, 5.41) is 4.26. The van der Waals surface area contributed by atoms with E-state index in [1.54, 1.807) is 22.7 Å². The van der Waals surface area contributed by atoms with E-state index in [-0.39, 0.29) is 12.5 Å². The Morgan fingerprint density at radius 1 is 1.34 bits per heavy atom. The Labute approximate surface area is 178 Å². The highest BCUT2D eigenvalue weighted by molar-refractivity contribution is 6.36. The molecule has 0 bridgehead atoms. The fourth-order valence-corrected chi connectivity index (χ4v) is 4.31. The fourth-order valence-electron chi connectivity index (χ4n) is 3.81.